The quantitative estimate of drug-likeness (QED) is 0.559. The molecule has 1 atom stereocenters. The molecule has 0 saturated carbocycles. The monoisotopic (exact) mass is 408 g/mol. The highest BCUT2D eigenvalue weighted by Crippen LogP contribution is 2.26. The van der Waals surface area contributed by atoms with Gasteiger partial charge in [0.25, 0.3) is 5.91 Å². The number of nitrogens with zero attached hydrogens (tertiary/aromatic N) is 2. The molecule has 0 bridgehead atoms. The molecule has 3 aromatic rings. The van der Waals surface area contributed by atoms with E-state index >= 15 is 0 Å². The van der Waals surface area contributed by atoms with Crippen LogP contribution in [0.4, 0.5) is 11.5 Å². The summed E-state index contributed by atoms with van der Waals surface area (Å²) in [5.41, 5.74) is 7.48. The lowest BCUT2D eigenvalue weighted by Crippen LogP contribution is -2.19. The average Bonchev–Trinajstić information content (AvgIpc) is 2.74. The molecule has 1 amide bonds. The number of benzene rings is 2. The zero-order valence-electron chi connectivity index (χ0n) is 16.9. The molecule has 8 heteroatoms. The third-order valence-corrected chi connectivity index (χ3v) is 4.12. The van der Waals surface area contributed by atoms with E-state index in [0.29, 0.717) is 36.0 Å². The van der Waals surface area contributed by atoms with Crippen molar-refractivity contribution in [2.45, 2.75) is 19.6 Å². The van der Waals surface area contributed by atoms with Gasteiger partial charge in [-0.1, -0.05) is 30.3 Å². The lowest BCUT2D eigenvalue weighted by atomic mass is 10.1. The Balaban J connectivity index is 1.82. The third-order valence-electron chi connectivity index (χ3n) is 4.12. The highest BCUT2D eigenvalue weighted by Gasteiger charge is 2.14. The summed E-state index contributed by atoms with van der Waals surface area (Å²) in [4.78, 5) is 20.6. The van der Waals surface area contributed by atoms with Gasteiger partial charge in [0.05, 0.1) is 12.8 Å². The van der Waals surface area contributed by atoms with Crippen LogP contribution in [0.15, 0.2) is 61.1 Å². The van der Waals surface area contributed by atoms with Crippen LogP contribution in [0.5, 0.6) is 11.5 Å². The van der Waals surface area contributed by atoms with Crippen LogP contribution >= 0.6 is 0 Å². The average molecular weight is 408 g/mol. The van der Waals surface area contributed by atoms with Crippen LogP contribution in [-0.2, 0) is 11.3 Å². The minimum Gasteiger partial charge on any atom is -0.489 e. The van der Waals surface area contributed by atoms with Crippen LogP contribution in [0.3, 0.4) is 0 Å². The molecule has 30 heavy (non-hydrogen) atoms. The number of amides is 1. The normalized spacial score (nSPS) is 11.5. The lowest BCUT2D eigenvalue weighted by Gasteiger charge is -2.16. The molecule has 0 spiro atoms. The van der Waals surface area contributed by atoms with E-state index in [0.717, 1.165) is 5.56 Å². The number of rotatable bonds is 9. The van der Waals surface area contributed by atoms with Crippen molar-refractivity contribution in [2.24, 2.45) is 0 Å². The summed E-state index contributed by atoms with van der Waals surface area (Å²) in [5, 5.41) is 2.71. The smallest absolute Gasteiger partial charge is 0.256 e. The summed E-state index contributed by atoms with van der Waals surface area (Å²) in [5.74, 6) is 0.793. The first-order valence-electron chi connectivity index (χ1n) is 9.39. The van der Waals surface area contributed by atoms with E-state index in [9.17, 15) is 4.79 Å². The third kappa shape index (κ3) is 5.92. The van der Waals surface area contributed by atoms with E-state index in [1.165, 1.54) is 12.5 Å². The first-order valence-corrected chi connectivity index (χ1v) is 9.39. The van der Waals surface area contributed by atoms with Crippen molar-refractivity contribution in [1.29, 1.82) is 0 Å². The Kier molecular flexibility index (Phi) is 7.18. The van der Waals surface area contributed by atoms with E-state index in [2.05, 4.69) is 15.3 Å². The number of carbonyl (C=O) groups is 1. The van der Waals surface area contributed by atoms with Gasteiger partial charge in [0, 0.05) is 18.7 Å². The molecule has 0 aliphatic rings. The zero-order valence-corrected chi connectivity index (χ0v) is 16.9. The molecule has 0 fully saturated rings. The number of nitrogens with two attached hydrogens (primary N) is 1. The number of aromatic nitrogens is 2. The molecular weight excluding hydrogens is 384 g/mol. The summed E-state index contributed by atoms with van der Waals surface area (Å²) < 4.78 is 16.9. The topological polar surface area (TPSA) is 109 Å². The Bertz CT molecular complexity index is 982. The van der Waals surface area contributed by atoms with Gasteiger partial charge in [0.15, 0.2) is 5.82 Å². The van der Waals surface area contributed by atoms with Gasteiger partial charge in [-0.3, -0.25) is 4.79 Å². The van der Waals surface area contributed by atoms with Gasteiger partial charge in [-0.05, 0) is 24.6 Å². The van der Waals surface area contributed by atoms with Crippen LogP contribution < -0.4 is 20.5 Å². The molecule has 156 valence electrons. The first kappa shape index (κ1) is 21.1. The minimum atomic E-state index is -0.383. The van der Waals surface area contributed by atoms with Gasteiger partial charge >= 0.3 is 0 Å². The van der Waals surface area contributed by atoms with Crippen molar-refractivity contribution in [3.63, 3.8) is 0 Å². The Hall–Kier alpha value is -3.65. The minimum absolute atomic E-state index is 0.181. The predicted octanol–water partition coefficient (Wildman–Crippen LogP) is 3.30. The molecule has 8 nitrogen and oxygen atoms in total. The summed E-state index contributed by atoms with van der Waals surface area (Å²) in [6.45, 7) is 2.65. The molecule has 0 radical (unpaired) electrons. The standard InChI is InChI=1S/C22H24N4O4/c1-15(12-28-2)30-19-9-17(22(27)26-20-11-24-14-25-21(20)23)8-18(10-19)29-13-16-6-4-3-5-7-16/h3-11,14-15H,12-13H2,1-2H3,(H,26,27)(H2,23,24,25)/t15-/m0/s1. The van der Waals surface area contributed by atoms with E-state index in [-0.39, 0.29) is 17.8 Å². The second-order valence-electron chi connectivity index (χ2n) is 6.63. The Morgan fingerprint density at radius 1 is 1.17 bits per heavy atom. The van der Waals surface area contributed by atoms with Crippen molar-refractivity contribution in [3.05, 3.63) is 72.2 Å². The van der Waals surface area contributed by atoms with Gasteiger partial charge in [0.2, 0.25) is 0 Å². The molecule has 1 heterocycles. The molecule has 0 saturated heterocycles. The Labute approximate surface area is 175 Å². The zero-order chi connectivity index (χ0) is 21.3. The molecule has 0 unspecified atom stereocenters. The maximum atomic E-state index is 12.8. The fourth-order valence-electron chi connectivity index (χ4n) is 2.73. The molecule has 1 aromatic heterocycles. The van der Waals surface area contributed by atoms with Gasteiger partial charge < -0.3 is 25.3 Å². The Morgan fingerprint density at radius 3 is 2.67 bits per heavy atom. The molecule has 0 aliphatic heterocycles. The van der Waals surface area contributed by atoms with Crippen molar-refractivity contribution in [2.75, 3.05) is 24.8 Å². The predicted molar refractivity (Wildman–Crippen MR) is 114 cm³/mol. The van der Waals surface area contributed by atoms with Gasteiger partial charge in [-0.2, -0.15) is 0 Å². The van der Waals surface area contributed by atoms with Crippen molar-refractivity contribution in [1.82, 2.24) is 9.97 Å². The van der Waals surface area contributed by atoms with Crippen LogP contribution in [0.25, 0.3) is 0 Å². The summed E-state index contributed by atoms with van der Waals surface area (Å²) in [6.07, 6.45) is 2.55. The van der Waals surface area contributed by atoms with Crippen LogP contribution in [0, 0.1) is 0 Å². The fraction of sp³-hybridized carbons (Fsp3) is 0.227. The van der Waals surface area contributed by atoms with Crippen molar-refractivity contribution >= 4 is 17.4 Å². The maximum Gasteiger partial charge on any atom is 0.256 e. The number of anilines is 2. The number of nitrogen functional groups attached to an aromatic ring is 1. The SMILES string of the molecule is COC[C@H](C)Oc1cc(OCc2ccccc2)cc(C(=O)Nc2cncnc2N)c1. The van der Waals surface area contributed by atoms with Crippen LogP contribution in [0.2, 0.25) is 0 Å². The van der Waals surface area contributed by atoms with Crippen LogP contribution in [-0.4, -0.2) is 35.7 Å². The fourth-order valence-corrected chi connectivity index (χ4v) is 2.73. The van der Waals surface area contributed by atoms with E-state index in [4.69, 9.17) is 19.9 Å². The van der Waals surface area contributed by atoms with Crippen LogP contribution in [0.1, 0.15) is 22.8 Å². The number of carbonyl (C=O) groups excluding carboxylic acids is 1. The highest BCUT2D eigenvalue weighted by molar-refractivity contribution is 6.05. The molecular formula is C22H24N4O4. The van der Waals surface area contributed by atoms with Gasteiger partial charge in [-0.15, -0.1) is 0 Å². The highest BCUT2D eigenvalue weighted by atomic mass is 16.5. The largest absolute Gasteiger partial charge is 0.489 e. The number of hydrogen-bond acceptors (Lipinski definition) is 7. The van der Waals surface area contributed by atoms with Gasteiger partial charge in [0.1, 0.15) is 36.2 Å². The summed E-state index contributed by atoms with van der Waals surface area (Å²) in [7, 11) is 1.60. The molecule has 3 N–H and O–H groups in total. The maximum absolute atomic E-state index is 12.8. The van der Waals surface area contributed by atoms with Gasteiger partial charge in [-0.25, -0.2) is 9.97 Å². The molecule has 0 aliphatic carbocycles. The van der Waals surface area contributed by atoms with Crippen molar-refractivity contribution in [3.8, 4) is 11.5 Å². The first-order chi connectivity index (χ1) is 14.5. The lowest BCUT2D eigenvalue weighted by molar-refractivity contribution is 0.0914. The number of hydrogen-bond donors (Lipinski definition) is 2. The molecule has 3 rings (SSSR count). The summed E-state index contributed by atoms with van der Waals surface area (Å²) in [6, 6.07) is 14.8. The second kappa shape index (κ2) is 10.2. The van der Waals surface area contributed by atoms with E-state index in [1.807, 2.05) is 37.3 Å². The second-order valence-corrected chi connectivity index (χ2v) is 6.63. The number of nitrogens with one attached hydrogen (secondary N) is 1. The van der Waals surface area contributed by atoms with Crippen molar-refractivity contribution < 1.29 is 19.0 Å². The Morgan fingerprint density at radius 2 is 1.93 bits per heavy atom. The summed E-state index contributed by atoms with van der Waals surface area (Å²) >= 11 is 0. The molecule has 2 aromatic carbocycles. The number of ether oxygens (including phenoxy) is 3. The number of methoxy groups -OCH3 is 1. The van der Waals surface area contributed by atoms with E-state index in [1.54, 1.807) is 25.3 Å². The van der Waals surface area contributed by atoms with E-state index < -0.39 is 0 Å².